The number of aliphatic hydroxyl groups is 2. The first-order valence-electron chi connectivity index (χ1n) is 8.88. The third-order valence-electron chi connectivity index (χ3n) is 4.47. The number of halogens is 1. The number of hydrogen-bond acceptors (Lipinski definition) is 4. The molecule has 1 heterocycles. The van der Waals surface area contributed by atoms with Crippen LogP contribution in [0.5, 0.6) is 0 Å². The van der Waals surface area contributed by atoms with Gasteiger partial charge in [0.05, 0.1) is 18.3 Å². The molecule has 0 spiro atoms. The Morgan fingerprint density at radius 3 is 2.25 bits per heavy atom. The molecule has 3 N–H and O–H groups in total. The van der Waals surface area contributed by atoms with Crippen molar-refractivity contribution in [2.24, 2.45) is 0 Å². The molecule has 0 fully saturated rings. The van der Waals surface area contributed by atoms with Crippen molar-refractivity contribution >= 4 is 5.91 Å². The van der Waals surface area contributed by atoms with Gasteiger partial charge in [-0.3, -0.25) is 9.78 Å². The predicted octanol–water partition coefficient (Wildman–Crippen LogP) is 3.04. The molecule has 6 heteroatoms. The fourth-order valence-corrected chi connectivity index (χ4v) is 2.84. The van der Waals surface area contributed by atoms with E-state index in [9.17, 15) is 14.3 Å². The van der Waals surface area contributed by atoms with E-state index in [4.69, 9.17) is 5.11 Å². The van der Waals surface area contributed by atoms with Crippen LogP contribution in [-0.4, -0.2) is 33.8 Å². The standard InChI is InChI=1S/C22H21FN2O3/c23-12-20(25-22(28)17-4-2-1-3-5-17)21(27)16-8-6-15(7-9-16)18-10-11-19(14-26)24-13-18/h1-11,13,20-21,26-27H,12,14H2,(H,25,28). The van der Waals surface area contributed by atoms with Crippen molar-refractivity contribution in [2.45, 2.75) is 18.8 Å². The zero-order chi connectivity index (χ0) is 19.9. The minimum absolute atomic E-state index is 0.120. The van der Waals surface area contributed by atoms with Gasteiger partial charge in [0.2, 0.25) is 0 Å². The molecule has 2 unspecified atom stereocenters. The molecule has 0 aliphatic rings. The van der Waals surface area contributed by atoms with Crippen LogP contribution in [0.15, 0.2) is 72.9 Å². The second kappa shape index (κ2) is 9.21. The smallest absolute Gasteiger partial charge is 0.251 e. The van der Waals surface area contributed by atoms with E-state index in [-0.39, 0.29) is 6.61 Å². The number of aromatic nitrogens is 1. The van der Waals surface area contributed by atoms with Crippen molar-refractivity contribution in [1.82, 2.24) is 10.3 Å². The third-order valence-corrected chi connectivity index (χ3v) is 4.47. The molecule has 1 aromatic heterocycles. The number of nitrogens with zero attached hydrogens (tertiary/aromatic N) is 1. The Morgan fingerprint density at radius 2 is 1.68 bits per heavy atom. The van der Waals surface area contributed by atoms with E-state index in [1.807, 2.05) is 6.07 Å². The van der Waals surface area contributed by atoms with Crippen LogP contribution in [-0.2, 0) is 6.61 Å². The van der Waals surface area contributed by atoms with Gasteiger partial charge in [0, 0.05) is 17.3 Å². The maximum Gasteiger partial charge on any atom is 0.251 e. The molecule has 3 aromatic rings. The molecule has 5 nitrogen and oxygen atoms in total. The molecule has 2 atom stereocenters. The number of hydrogen-bond donors (Lipinski definition) is 3. The molecule has 0 bridgehead atoms. The third kappa shape index (κ3) is 4.60. The van der Waals surface area contributed by atoms with Crippen molar-refractivity contribution in [1.29, 1.82) is 0 Å². The first-order chi connectivity index (χ1) is 13.6. The van der Waals surface area contributed by atoms with Gasteiger partial charge >= 0.3 is 0 Å². The summed E-state index contributed by atoms with van der Waals surface area (Å²) in [5.41, 5.74) is 3.22. The Hall–Kier alpha value is -3.09. The van der Waals surface area contributed by atoms with Gasteiger partial charge < -0.3 is 15.5 Å². The number of benzene rings is 2. The quantitative estimate of drug-likeness (QED) is 0.588. The SMILES string of the molecule is O=C(NC(CF)C(O)c1ccc(-c2ccc(CO)nc2)cc1)c1ccccc1. The monoisotopic (exact) mass is 380 g/mol. The van der Waals surface area contributed by atoms with Gasteiger partial charge in [0.1, 0.15) is 12.8 Å². The van der Waals surface area contributed by atoms with Gasteiger partial charge in [-0.05, 0) is 29.3 Å². The lowest BCUT2D eigenvalue weighted by atomic mass is 9.99. The molecular formula is C22H21FN2O3. The first kappa shape index (κ1) is 19.7. The minimum Gasteiger partial charge on any atom is -0.390 e. The van der Waals surface area contributed by atoms with Gasteiger partial charge in [-0.2, -0.15) is 0 Å². The van der Waals surface area contributed by atoms with Crippen LogP contribution in [0.2, 0.25) is 0 Å². The van der Waals surface area contributed by atoms with E-state index in [0.29, 0.717) is 16.8 Å². The Labute approximate surface area is 162 Å². The number of aliphatic hydroxyl groups excluding tert-OH is 2. The summed E-state index contributed by atoms with van der Waals surface area (Å²) in [6, 6.07) is 18.0. The Morgan fingerprint density at radius 1 is 1.00 bits per heavy atom. The number of pyridine rings is 1. The summed E-state index contributed by atoms with van der Waals surface area (Å²) in [6.07, 6.45) is 0.475. The van der Waals surface area contributed by atoms with Crippen molar-refractivity contribution in [2.75, 3.05) is 6.67 Å². The molecular weight excluding hydrogens is 359 g/mol. The molecule has 0 saturated carbocycles. The van der Waals surface area contributed by atoms with Crippen LogP contribution < -0.4 is 5.32 Å². The van der Waals surface area contributed by atoms with Gasteiger partial charge in [-0.15, -0.1) is 0 Å². The van der Waals surface area contributed by atoms with Gasteiger partial charge in [-0.25, -0.2) is 4.39 Å². The van der Waals surface area contributed by atoms with Crippen LogP contribution in [0, 0.1) is 0 Å². The van der Waals surface area contributed by atoms with Gasteiger partial charge in [-0.1, -0.05) is 48.5 Å². The normalized spacial score (nSPS) is 13.0. The van der Waals surface area contributed by atoms with Crippen LogP contribution in [0.25, 0.3) is 11.1 Å². The average molecular weight is 380 g/mol. The van der Waals surface area contributed by atoms with Crippen molar-refractivity contribution in [3.05, 3.63) is 89.7 Å². The van der Waals surface area contributed by atoms with E-state index >= 15 is 0 Å². The topological polar surface area (TPSA) is 82.5 Å². The van der Waals surface area contributed by atoms with Crippen molar-refractivity contribution < 1.29 is 19.4 Å². The van der Waals surface area contributed by atoms with E-state index in [0.717, 1.165) is 11.1 Å². The van der Waals surface area contributed by atoms with E-state index < -0.39 is 24.7 Å². The molecule has 0 aliphatic carbocycles. The summed E-state index contributed by atoms with van der Waals surface area (Å²) in [5, 5.41) is 22.1. The fourth-order valence-electron chi connectivity index (χ4n) is 2.84. The van der Waals surface area contributed by atoms with Crippen molar-refractivity contribution in [3.8, 4) is 11.1 Å². The number of carbonyl (C=O) groups is 1. The molecule has 2 aromatic carbocycles. The number of nitrogens with one attached hydrogen (secondary N) is 1. The number of amides is 1. The lowest BCUT2D eigenvalue weighted by Crippen LogP contribution is -2.40. The van der Waals surface area contributed by atoms with E-state index in [1.54, 1.807) is 66.9 Å². The second-order valence-electron chi connectivity index (χ2n) is 6.36. The summed E-state index contributed by atoms with van der Waals surface area (Å²) in [4.78, 5) is 16.4. The summed E-state index contributed by atoms with van der Waals surface area (Å²) < 4.78 is 13.5. The molecule has 0 aliphatic heterocycles. The Kier molecular flexibility index (Phi) is 6.47. The summed E-state index contributed by atoms with van der Waals surface area (Å²) in [5.74, 6) is -0.436. The van der Waals surface area contributed by atoms with Gasteiger partial charge in [0.15, 0.2) is 0 Å². The van der Waals surface area contributed by atoms with Crippen LogP contribution in [0.1, 0.15) is 27.7 Å². The lowest BCUT2D eigenvalue weighted by molar-refractivity contribution is 0.0792. The molecule has 1 amide bonds. The van der Waals surface area contributed by atoms with Crippen LogP contribution in [0.4, 0.5) is 4.39 Å². The highest BCUT2D eigenvalue weighted by atomic mass is 19.1. The lowest BCUT2D eigenvalue weighted by Gasteiger charge is -2.22. The Bertz CT molecular complexity index is 899. The van der Waals surface area contributed by atoms with E-state index in [1.165, 1.54) is 0 Å². The van der Waals surface area contributed by atoms with Crippen LogP contribution >= 0.6 is 0 Å². The van der Waals surface area contributed by atoms with Crippen molar-refractivity contribution in [3.63, 3.8) is 0 Å². The largest absolute Gasteiger partial charge is 0.390 e. The Balaban J connectivity index is 1.71. The zero-order valence-electron chi connectivity index (χ0n) is 15.1. The van der Waals surface area contributed by atoms with E-state index in [2.05, 4.69) is 10.3 Å². The highest BCUT2D eigenvalue weighted by molar-refractivity contribution is 5.94. The number of rotatable bonds is 7. The highest BCUT2D eigenvalue weighted by Crippen LogP contribution is 2.23. The highest BCUT2D eigenvalue weighted by Gasteiger charge is 2.23. The van der Waals surface area contributed by atoms with Crippen LogP contribution in [0.3, 0.4) is 0 Å². The number of carbonyl (C=O) groups excluding carboxylic acids is 1. The fraction of sp³-hybridized carbons (Fsp3) is 0.182. The molecule has 144 valence electrons. The second-order valence-corrected chi connectivity index (χ2v) is 6.36. The molecule has 0 saturated heterocycles. The van der Waals surface area contributed by atoms with Gasteiger partial charge in [0.25, 0.3) is 5.91 Å². The molecule has 0 radical (unpaired) electrons. The summed E-state index contributed by atoms with van der Waals surface area (Å²) >= 11 is 0. The number of alkyl halides is 1. The maximum atomic E-state index is 13.5. The summed E-state index contributed by atoms with van der Waals surface area (Å²) in [7, 11) is 0. The zero-order valence-corrected chi connectivity index (χ0v) is 15.1. The minimum atomic E-state index is -1.18. The maximum absolute atomic E-state index is 13.5. The average Bonchev–Trinajstić information content (AvgIpc) is 2.77. The molecule has 28 heavy (non-hydrogen) atoms. The molecule has 3 rings (SSSR count). The summed E-state index contributed by atoms with van der Waals surface area (Å²) in [6.45, 7) is -1.02. The first-order valence-corrected chi connectivity index (χ1v) is 8.88. The predicted molar refractivity (Wildman–Crippen MR) is 104 cm³/mol.